The van der Waals surface area contributed by atoms with Gasteiger partial charge in [-0.15, -0.1) is 0 Å². The van der Waals surface area contributed by atoms with Gasteiger partial charge >= 0.3 is 0 Å². The number of nitriles is 2. The van der Waals surface area contributed by atoms with E-state index in [9.17, 15) is 27.2 Å². The summed E-state index contributed by atoms with van der Waals surface area (Å²) in [7, 11) is 12.2. The van der Waals surface area contributed by atoms with Gasteiger partial charge < -0.3 is 40.9 Å². The van der Waals surface area contributed by atoms with E-state index >= 15 is 0 Å². The van der Waals surface area contributed by atoms with E-state index in [1.54, 1.807) is 137 Å². The van der Waals surface area contributed by atoms with Crippen molar-refractivity contribution in [2.45, 2.75) is 19.4 Å². The number of oxazole rings is 1. The smallest absolute Gasteiger partial charge is 0.250 e. The molecule has 0 saturated heterocycles. The quantitative estimate of drug-likeness (QED) is 0.0686. The van der Waals surface area contributed by atoms with Crippen LogP contribution in [0.4, 0.5) is 46.1 Å². The normalized spacial score (nSPS) is 10.1. The number of ketones is 1. The fourth-order valence-electron chi connectivity index (χ4n) is 6.21. The van der Waals surface area contributed by atoms with Crippen LogP contribution in [0.25, 0.3) is 22.8 Å². The van der Waals surface area contributed by atoms with Crippen LogP contribution in [0.1, 0.15) is 39.2 Å². The maximum atomic E-state index is 14.8. The Morgan fingerprint density at radius 1 is 0.706 bits per heavy atom. The van der Waals surface area contributed by atoms with Gasteiger partial charge in [-0.2, -0.15) is 10.5 Å². The number of aromatic nitrogens is 4. The van der Waals surface area contributed by atoms with Crippen LogP contribution in [0, 0.1) is 45.9 Å². The fraction of sp³-hybridized carbons (Fsp3) is 0.204. The number of hydrogen-bond donors (Lipinski definition) is 3. The molecule has 0 bridgehead atoms. The van der Waals surface area contributed by atoms with Crippen LogP contribution >= 0.6 is 0 Å². The van der Waals surface area contributed by atoms with Crippen LogP contribution < -0.4 is 37.5 Å². The second-order valence-electron chi connectivity index (χ2n) is 15.2. The number of Topliss-reactive ketones (excluding diaryl/α,β-unsaturated/α-hetero) is 1. The summed E-state index contributed by atoms with van der Waals surface area (Å²) in [6, 6.07) is 25.8. The summed E-state index contributed by atoms with van der Waals surface area (Å²) in [6.45, 7) is 0.244. The number of carbonyl (C=O) groups excluding carboxylic acids is 1. The molecule has 0 radical (unpaired) electrons. The van der Waals surface area contributed by atoms with Crippen LogP contribution in [-0.4, -0.2) is 67.6 Å². The zero-order chi connectivity index (χ0) is 50.2. The van der Waals surface area contributed by atoms with Crippen molar-refractivity contribution in [1.82, 2.24) is 19.5 Å². The molecule has 6 N–H and O–H groups in total. The lowest BCUT2D eigenvalue weighted by Crippen LogP contribution is -2.16. The van der Waals surface area contributed by atoms with E-state index in [4.69, 9.17) is 32.1 Å². The van der Waals surface area contributed by atoms with Gasteiger partial charge in [0.25, 0.3) is 0 Å². The standard InChI is InChI=1S/C24H23FN6O3.C9H13FN2.C9H9FN2.C7H5FN2/c1-30(2)16-6-4-5-14(19(16)25)7-9-17(32)21-23(26)29-22(24-27-11-12-34-24)20(28-21)15-8-10-18(33)31(3)13-15;2*1-12(2)8-5-3-4-7(6-11)9(8)10;8-7-5(4-9)2-1-3-6(7)10/h4-6,8,10-13H,7,9H2,1-3H3,(H2,26,29);3-5H,6,11H2,1-2H3;3-5H,1-2H3;1-3H,10H2. The lowest BCUT2D eigenvalue weighted by molar-refractivity contribution is 0.0978. The van der Waals surface area contributed by atoms with E-state index in [-0.39, 0.29) is 88.0 Å². The van der Waals surface area contributed by atoms with Gasteiger partial charge in [-0.1, -0.05) is 36.4 Å². The summed E-state index contributed by atoms with van der Waals surface area (Å²) in [5, 5.41) is 16.8. The molecule has 3 aromatic heterocycles. The van der Waals surface area contributed by atoms with Crippen molar-refractivity contribution in [2.24, 2.45) is 12.8 Å². The molecule has 0 spiro atoms. The average Bonchev–Trinajstić information content (AvgIpc) is 3.86. The lowest BCUT2D eigenvalue weighted by atomic mass is 10.0. The van der Waals surface area contributed by atoms with E-state index in [2.05, 4.69) is 15.0 Å². The highest BCUT2D eigenvalue weighted by atomic mass is 19.1. The highest BCUT2D eigenvalue weighted by Gasteiger charge is 2.23. The van der Waals surface area contributed by atoms with Crippen LogP contribution in [0.15, 0.2) is 113 Å². The van der Waals surface area contributed by atoms with E-state index in [0.29, 0.717) is 33.8 Å². The van der Waals surface area contributed by atoms with Crippen LogP contribution in [-0.2, 0) is 20.0 Å². The first-order chi connectivity index (χ1) is 32.3. The topological polar surface area (TPSA) is 226 Å². The molecule has 0 fully saturated rings. The van der Waals surface area contributed by atoms with Crippen LogP contribution in [0.5, 0.6) is 0 Å². The van der Waals surface area contributed by atoms with Crippen molar-refractivity contribution in [3.05, 3.63) is 165 Å². The SMILES string of the molecule is CN(C)c1cccc(C#N)c1F.CN(C)c1cccc(CCC(=O)c2nc(-c3ccc(=O)n(C)c3)c(-c3ncco3)nc2N)c1F.CN(C)c1cccc(CN)c1F.N#Cc1cccc(N)c1F. The van der Waals surface area contributed by atoms with Gasteiger partial charge in [0.15, 0.2) is 34.7 Å². The molecule has 3 heterocycles. The third-order valence-corrected chi connectivity index (χ3v) is 9.83. The lowest BCUT2D eigenvalue weighted by Gasteiger charge is -2.15. The molecule has 68 heavy (non-hydrogen) atoms. The summed E-state index contributed by atoms with van der Waals surface area (Å²) in [4.78, 5) is 42.9. The number of rotatable bonds is 10. The van der Waals surface area contributed by atoms with Crippen molar-refractivity contribution in [2.75, 3.05) is 68.5 Å². The molecular weight excluding hydrogens is 881 g/mol. The zero-order valence-corrected chi connectivity index (χ0v) is 38.4. The number of carbonyl (C=O) groups is 1. The van der Waals surface area contributed by atoms with E-state index in [1.165, 1.54) is 47.4 Å². The summed E-state index contributed by atoms with van der Waals surface area (Å²) >= 11 is 0. The van der Waals surface area contributed by atoms with Gasteiger partial charge in [-0.25, -0.2) is 32.5 Å². The van der Waals surface area contributed by atoms with Gasteiger partial charge in [-0.05, 0) is 54.4 Å². The minimum atomic E-state index is -0.634. The average molecular weight is 931 g/mol. The first kappa shape index (κ1) is 52.1. The van der Waals surface area contributed by atoms with Crippen molar-refractivity contribution in [3.8, 4) is 35.0 Å². The number of nitrogens with zero attached hydrogens (tertiary/aromatic N) is 9. The van der Waals surface area contributed by atoms with Gasteiger partial charge in [0.1, 0.15) is 35.6 Å². The molecule has 0 unspecified atom stereocenters. The van der Waals surface area contributed by atoms with Gasteiger partial charge in [0.05, 0.1) is 40.1 Å². The minimum Gasteiger partial charge on any atom is -0.443 e. The number of nitrogen functional groups attached to an aromatic ring is 2. The Morgan fingerprint density at radius 3 is 1.75 bits per heavy atom. The van der Waals surface area contributed by atoms with Crippen molar-refractivity contribution >= 4 is 34.4 Å². The number of aryl methyl sites for hydroxylation is 2. The number of anilines is 5. The number of hydrogen-bond acceptors (Lipinski definition) is 14. The second kappa shape index (κ2) is 24.1. The minimum absolute atomic E-state index is 0.0130. The Labute approximate surface area is 390 Å². The third kappa shape index (κ3) is 13.0. The van der Waals surface area contributed by atoms with E-state index in [1.807, 2.05) is 0 Å². The zero-order valence-electron chi connectivity index (χ0n) is 38.4. The molecule has 0 saturated carbocycles. The number of pyridine rings is 1. The molecule has 19 heteroatoms. The maximum Gasteiger partial charge on any atom is 0.250 e. The highest BCUT2D eigenvalue weighted by molar-refractivity contribution is 5.99. The Bertz CT molecular complexity index is 3000. The molecule has 4 aromatic carbocycles. The van der Waals surface area contributed by atoms with Crippen LogP contribution in [0.2, 0.25) is 0 Å². The highest BCUT2D eigenvalue weighted by Crippen LogP contribution is 2.30. The Morgan fingerprint density at radius 2 is 1.24 bits per heavy atom. The molecule has 0 aliphatic carbocycles. The number of halogens is 4. The van der Waals surface area contributed by atoms with Crippen molar-refractivity contribution in [3.63, 3.8) is 0 Å². The third-order valence-electron chi connectivity index (χ3n) is 9.83. The number of nitrogens with two attached hydrogens (primary N) is 3. The first-order valence-electron chi connectivity index (χ1n) is 20.5. The maximum absolute atomic E-state index is 14.8. The van der Waals surface area contributed by atoms with E-state index < -0.39 is 11.6 Å². The largest absolute Gasteiger partial charge is 0.443 e. The predicted octanol–water partition coefficient (Wildman–Crippen LogP) is 7.49. The molecular formula is C49H50F4N12O3. The summed E-state index contributed by atoms with van der Waals surface area (Å²) in [5.41, 5.74) is 20.0. The van der Waals surface area contributed by atoms with Gasteiger partial charge in [0, 0.05) is 85.7 Å². The van der Waals surface area contributed by atoms with Crippen molar-refractivity contribution in [1.29, 1.82) is 10.5 Å². The summed E-state index contributed by atoms with van der Waals surface area (Å²) < 4.78 is 60.8. The Hall–Kier alpha value is -8.55. The summed E-state index contributed by atoms with van der Waals surface area (Å²) in [6.07, 6.45) is 4.56. The van der Waals surface area contributed by atoms with Crippen LogP contribution in [0.3, 0.4) is 0 Å². The Balaban J connectivity index is 0.000000240. The molecule has 352 valence electrons. The number of benzene rings is 4. The molecule has 0 aliphatic rings. The van der Waals surface area contributed by atoms with Gasteiger partial charge in [-0.3, -0.25) is 9.59 Å². The second-order valence-corrected chi connectivity index (χ2v) is 15.2. The molecule has 0 amide bonds. The van der Waals surface area contributed by atoms with E-state index in [0.717, 1.165) is 0 Å². The molecule has 7 rings (SSSR count). The molecule has 0 atom stereocenters. The first-order valence-corrected chi connectivity index (χ1v) is 20.5. The summed E-state index contributed by atoms with van der Waals surface area (Å²) in [5.74, 6) is -1.98. The molecule has 15 nitrogen and oxygen atoms in total. The Kier molecular flexibility index (Phi) is 18.5. The molecule has 0 aliphatic heterocycles. The monoisotopic (exact) mass is 930 g/mol. The van der Waals surface area contributed by atoms with Gasteiger partial charge in [0.2, 0.25) is 11.4 Å². The fourth-order valence-corrected chi connectivity index (χ4v) is 6.21. The predicted molar refractivity (Wildman–Crippen MR) is 256 cm³/mol. The van der Waals surface area contributed by atoms with Crippen molar-refractivity contribution < 1.29 is 26.8 Å². The molecule has 7 aromatic rings.